The van der Waals surface area contributed by atoms with Crippen molar-refractivity contribution in [3.8, 4) is 10.4 Å². The van der Waals surface area contributed by atoms with E-state index in [9.17, 15) is 33.7 Å². The number of aromatic nitrogens is 2. The first-order valence-electron chi connectivity index (χ1n) is 26.8. The maximum atomic E-state index is 13.1. The summed E-state index contributed by atoms with van der Waals surface area (Å²) in [4.78, 5) is 0. The fourth-order valence-corrected chi connectivity index (χ4v) is 12.4. The van der Waals surface area contributed by atoms with E-state index in [2.05, 4.69) is 24.0 Å². The quantitative estimate of drug-likeness (QED) is 0.0435. The fourth-order valence-electron chi connectivity index (χ4n) is 7.81. The van der Waals surface area contributed by atoms with Gasteiger partial charge in [-0.15, -0.1) is 0 Å². The first kappa shape index (κ1) is 67.7. The molecule has 0 aliphatic rings. The lowest BCUT2D eigenvalue weighted by atomic mass is 9.99. The van der Waals surface area contributed by atoms with E-state index in [4.69, 9.17) is 33.5 Å². The summed E-state index contributed by atoms with van der Waals surface area (Å²) in [6.07, 6.45) is 26.9. The van der Waals surface area contributed by atoms with Crippen molar-refractivity contribution in [1.29, 1.82) is 0 Å². The van der Waals surface area contributed by atoms with Crippen LogP contribution in [0.15, 0.2) is 0 Å². The number of hydrogen-bond acceptors (Lipinski definition) is 19. The van der Waals surface area contributed by atoms with Crippen molar-refractivity contribution >= 4 is 52.9 Å². The van der Waals surface area contributed by atoms with Crippen molar-refractivity contribution in [1.82, 2.24) is 10.2 Å². The lowest BCUT2D eigenvalue weighted by Gasteiger charge is -2.25. The molecule has 71 heavy (non-hydrogen) atoms. The van der Waals surface area contributed by atoms with Crippen molar-refractivity contribution in [3.63, 3.8) is 0 Å². The molecule has 2 unspecified atom stereocenters. The summed E-state index contributed by atoms with van der Waals surface area (Å²) < 4.78 is 146. The minimum Gasteiger partial charge on any atom is -0.329 e. The molecule has 0 aromatic carbocycles. The molecule has 0 radical (unpaired) electrons. The predicted molar refractivity (Wildman–Crippen MR) is 279 cm³/mol. The lowest BCUT2D eigenvalue weighted by Crippen LogP contribution is -2.33. The van der Waals surface area contributed by atoms with E-state index in [1.807, 2.05) is 13.8 Å². The molecule has 1 heterocycles. The first-order chi connectivity index (χ1) is 33.5. The van der Waals surface area contributed by atoms with Gasteiger partial charge >= 0.3 is 52.0 Å². The predicted octanol–water partition coefficient (Wildman–Crippen LogP) is 13.9. The summed E-state index contributed by atoms with van der Waals surface area (Å²) in [6.45, 7) is 14.8. The van der Waals surface area contributed by atoms with Gasteiger partial charge in [0.1, 0.15) is 0 Å². The Kier molecular flexibility index (Phi) is 35.7. The van der Waals surface area contributed by atoms with Crippen LogP contribution in [0, 0.1) is 0 Å². The Morgan fingerprint density at radius 1 is 0.366 bits per heavy atom. The molecule has 0 saturated carbocycles. The van der Waals surface area contributed by atoms with Crippen LogP contribution in [0.5, 0.6) is 10.4 Å². The topological polar surface area (TPSA) is 236 Å². The highest BCUT2D eigenvalue weighted by atomic mass is 32.3. The van der Waals surface area contributed by atoms with Crippen LogP contribution in [0.25, 0.3) is 0 Å². The third-order valence-corrected chi connectivity index (χ3v) is 16.4. The Bertz CT molecular complexity index is 1810. The van der Waals surface area contributed by atoms with Crippen molar-refractivity contribution in [2.75, 3.05) is 0 Å². The maximum Gasteiger partial charge on any atom is 0.453 e. The molecule has 0 N–H and O–H groups in total. The maximum absolute atomic E-state index is 13.1. The number of rotatable bonds is 50. The van der Waals surface area contributed by atoms with Gasteiger partial charge in [0.05, 0.1) is 11.2 Å². The molecular weight excluding hydrogens is 1020 g/mol. The van der Waals surface area contributed by atoms with Crippen LogP contribution in [0.3, 0.4) is 0 Å². The standard InChI is InChI=1S/C48H94N2O16S5/c1-9-13-17-21-23-25-27-29-31-33-37-41-47(5,6)65-70(55,56)61-43(39-35-19-15-11-3)59-68(51,52)63-45-49-50-46(67-45)64-69(53,54)60-44(40-36-20-16-12-4)62-71(57,58)66-48(7,8)42-38-34-32-30-28-26-24-22-18-14-10-2/h43-44H,9-42H2,1-8H3. The van der Waals surface area contributed by atoms with Crippen molar-refractivity contribution in [3.05, 3.63) is 0 Å². The molecule has 1 rings (SSSR count). The second-order valence-corrected chi connectivity index (χ2v) is 25.4. The molecule has 0 aliphatic carbocycles. The van der Waals surface area contributed by atoms with Gasteiger partial charge in [0.15, 0.2) is 12.6 Å². The van der Waals surface area contributed by atoms with Gasteiger partial charge in [0, 0.05) is 12.8 Å². The molecular formula is C48H94N2O16S5. The van der Waals surface area contributed by atoms with Gasteiger partial charge < -0.3 is 8.37 Å². The SMILES string of the molecule is CCCCCCCCCCCCCC(C)(C)OS(=O)(=O)OC(CCCCCC)OS(=O)(=O)Oc1nnc(OS(=O)(=O)OC(CCCCCC)OS(=O)(=O)OC(C)(C)CCCCCCCCCCCCC)s1. The highest BCUT2D eigenvalue weighted by Crippen LogP contribution is 2.31. The van der Waals surface area contributed by atoms with E-state index in [-0.39, 0.29) is 24.2 Å². The average Bonchev–Trinajstić information content (AvgIpc) is 3.67. The van der Waals surface area contributed by atoms with Crippen LogP contribution in [0.4, 0.5) is 0 Å². The minimum absolute atomic E-state index is 0.163. The number of hydrogen-bond donors (Lipinski definition) is 0. The number of unbranched alkanes of at least 4 members (excludes halogenated alkanes) is 26. The molecule has 422 valence electrons. The molecule has 18 nitrogen and oxygen atoms in total. The lowest BCUT2D eigenvalue weighted by molar-refractivity contribution is -0.0261. The highest BCUT2D eigenvalue weighted by molar-refractivity contribution is 7.83. The zero-order valence-corrected chi connectivity index (χ0v) is 48.7. The van der Waals surface area contributed by atoms with Gasteiger partial charge in [-0.25, -0.2) is 25.1 Å². The molecule has 2 atom stereocenters. The molecule has 0 aliphatic heterocycles. The molecule has 0 bridgehead atoms. The monoisotopic (exact) mass is 1110 g/mol. The largest absolute Gasteiger partial charge is 0.453 e. The Balaban J connectivity index is 2.87. The van der Waals surface area contributed by atoms with Crippen molar-refractivity contribution < 1.29 is 67.1 Å². The second-order valence-electron chi connectivity index (χ2n) is 19.8. The average molecular weight is 1120 g/mol. The molecule has 0 spiro atoms. The molecule has 0 fully saturated rings. The Morgan fingerprint density at radius 2 is 0.606 bits per heavy atom. The van der Waals surface area contributed by atoms with E-state index in [0.717, 1.165) is 77.0 Å². The van der Waals surface area contributed by atoms with E-state index in [0.29, 0.717) is 38.5 Å². The molecule has 23 heteroatoms. The summed E-state index contributed by atoms with van der Waals surface area (Å²) in [6, 6.07) is 0. The molecule has 1 aromatic heterocycles. The number of nitrogens with zero attached hydrogens (tertiary/aromatic N) is 2. The summed E-state index contributed by atoms with van der Waals surface area (Å²) in [5.41, 5.74) is -2.31. The minimum atomic E-state index is -5.12. The highest BCUT2D eigenvalue weighted by Gasteiger charge is 2.35. The molecule has 1 aromatic rings. The molecule has 0 amide bonds. The fraction of sp³-hybridized carbons (Fsp3) is 0.958. The third-order valence-electron chi connectivity index (χ3n) is 11.6. The van der Waals surface area contributed by atoms with Gasteiger partial charge in [-0.2, -0.15) is 33.7 Å². The summed E-state index contributed by atoms with van der Waals surface area (Å²) in [7, 11) is -19.8. The summed E-state index contributed by atoms with van der Waals surface area (Å²) in [5, 5.41) is 5.45. The van der Waals surface area contributed by atoms with Crippen molar-refractivity contribution in [2.45, 2.75) is 297 Å². The third kappa shape index (κ3) is 38.0. The Labute approximate surface area is 435 Å². The summed E-state index contributed by atoms with van der Waals surface area (Å²) in [5.74, 6) is 0. The zero-order valence-electron chi connectivity index (χ0n) is 44.7. The zero-order chi connectivity index (χ0) is 53.1. The Hall–Kier alpha value is -1.28. The van der Waals surface area contributed by atoms with Crippen LogP contribution < -0.4 is 8.37 Å². The van der Waals surface area contributed by atoms with Crippen LogP contribution in [0.1, 0.15) is 274 Å². The van der Waals surface area contributed by atoms with Gasteiger partial charge in [0.2, 0.25) is 0 Å². The second kappa shape index (κ2) is 37.5. The normalized spacial score (nSPS) is 14.0. The first-order valence-corrected chi connectivity index (χ1v) is 33.0. The van der Waals surface area contributed by atoms with Gasteiger partial charge in [-0.05, 0) is 64.7 Å². The van der Waals surface area contributed by atoms with E-state index < -0.39 is 75.8 Å². The molecule has 0 saturated heterocycles. The van der Waals surface area contributed by atoms with E-state index in [1.165, 1.54) is 89.9 Å². The van der Waals surface area contributed by atoms with Crippen LogP contribution in [0.2, 0.25) is 0 Å². The van der Waals surface area contributed by atoms with Crippen LogP contribution in [-0.4, -0.2) is 67.7 Å². The smallest absolute Gasteiger partial charge is 0.329 e. The van der Waals surface area contributed by atoms with E-state index >= 15 is 0 Å². The van der Waals surface area contributed by atoms with Crippen molar-refractivity contribution in [2.24, 2.45) is 0 Å². The van der Waals surface area contributed by atoms with E-state index in [1.54, 1.807) is 27.7 Å². The summed E-state index contributed by atoms with van der Waals surface area (Å²) >= 11 is 0.215. The Morgan fingerprint density at radius 3 is 0.887 bits per heavy atom. The van der Waals surface area contributed by atoms with Gasteiger partial charge in [-0.3, -0.25) is 0 Å². The van der Waals surface area contributed by atoms with Gasteiger partial charge in [-0.1, -0.05) is 218 Å². The van der Waals surface area contributed by atoms with Crippen LogP contribution >= 0.6 is 11.3 Å². The van der Waals surface area contributed by atoms with Gasteiger partial charge in [0.25, 0.3) is 0 Å². The van der Waals surface area contributed by atoms with Crippen LogP contribution in [-0.2, 0) is 66.7 Å².